The van der Waals surface area contributed by atoms with Crippen LogP contribution in [0, 0.1) is 20.8 Å². The Bertz CT molecular complexity index is 1080. The number of aryl methyl sites for hydroxylation is 3. The Kier molecular flexibility index (Phi) is 4.40. The molecule has 2 N–H and O–H groups in total. The number of nitrogens with zero attached hydrogens (tertiary/aromatic N) is 7. The fraction of sp³-hybridized carbons (Fsp3) is 0.235. The molecule has 3 heterocycles. The Morgan fingerprint density at radius 3 is 2.59 bits per heavy atom. The number of nitrogens with two attached hydrogens (primary N) is 1. The van der Waals surface area contributed by atoms with Gasteiger partial charge in [-0.25, -0.2) is 9.36 Å². The van der Waals surface area contributed by atoms with Crippen molar-refractivity contribution in [2.24, 2.45) is 0 Å². The van der Waals surface area contributed by atoms with Crippen LogP contribution in [0.1, 0.15) is 22.8 Å². The quantitative estimate of drug-likeness (QED) is 0.413. The number of hydrogen-bond acceptors (Lipinski definition) is 8. The Hall–Kier alpha value is -3.14. The first-order valence-electron chi connectivity index (χ1n) is 8.28. The minimum atomic E-state index is 0.436. The summed E-state index contributed by atoms with van der Waals surface area (Å²) < 4.78 is 8.39. The van der Waals surface area contributed by atoms with Crippen molar-refractivity contribution in [2.75, 3.05) is 5.84 Å². The van der Waals surface area contributed by atoms with Gasteiger partial charge in [-0.1, -0.05) is 46.7 Å². The van der Waals surface area contributed by atoms with Crippen LogP contribution in [-0.4, -0.2) is 34.8 Å². The van der Waals surface area contributed by atoms with Crippen LogP contribution in [0.15, 0.2) is 40.0 Å². The minimum absolute atomic E-state index is 0.436. The Morgan fingerprint density at radius 2 is 1.89 bits per heavy atom. The first-order valence-corrected chi connectivity index (χ1v) is 9.26. The van der Waals surface area contributed by atoms with Crippen molar-refractivity contribution in [1.29, 1.82) is 0 Å². The van der Waals surface area contributed by atoms with Gasteiger partial charge in [-0.15, -0.1) is 10.2 Å². The molecular formula is C17H18N8OS. The fourth-order valence-electron chi connectivity index (χ4n) is 2.60. The normalized spacial score (nSPS) is 11.2. The van der Waals surface area contributed by atoms with Crippen LogP contribution in [0.25, 0.3) is 17.3 Å². The number of nitrogen functional groups attached to an aromatic ring is 1. The molecule has 0 fully saturated rings. The zero-order chi connectivity index (χ0) is 19.0. The molecule has 1 aromatic carbocycles. The monoisotopic (exact) mass is 382 g/mol. The van der Waals surface area contributed by atoms with E-state index in [-0.39, 0.29) is 0 Å². The number of hydrogen-bond donors (Lipinski definition) is 1. The second-order valence-corrected chi connectivity index (χ2v) is 7.10. The number of benzene rings is 1. The van der Waals surface area contributed by atoms with Gasteiger partial charge in [-0.2, -0.15) is 10.1 Å². The SMILES string of the molecule is Cc1ccc(-c2noc(CSc3nnc(-n4nc(C)cc4C)n3N)n2)cc1. The lowest BCUT2D eigenvalue weighted by Crippen LogP contribution is -2.17. The first kappa shape index (κ1) is 17.3. The molecule has 27 heavy (non-hydrogen) atoms. The topological polar surface area (TPSA) is 113 Å². The summed E-state index contributed by atoms with van der Waals surface area (Å²) in [6.45, 7) is 5.88. The van der Waals surface area contributed by atoms with Gasteiger partial charge in [0.25, 0.3) is 5.95 Å². The summed E-state index contributed by atoms with van der Waals surface area (Å²) in [6.07, 6.45) is 0. The molecule has 0 amide bonds. The minimum Gasteiger partial charge on any atom is -0.338 e. The first-order chi connectivity index (χ1) is 13.0. The zero-order valence-corrected chi connectivity index (χ0v) is 15.9. The largest absolute Gasteiger partial charge is 0.338 e. The molecular weight excluding hydrogens is 364 g/mol. The summed E-state index contributed by atoms with van der Waals surface area (Å²) in [5.41, 5.74) is 3.91. The van der Waals surface area contributed by atoms with Gasteiger partial charge < -0.3 is 10.4 Å². The lowest BCUT2D eigenvalue weighted by Gasteiger charge is -2.03. The van der Waals surface area contributed by atoms with Crippen LogP contribution in [0.4, 0.5) is 0 Å². The van der Waals surface area contributed by atoms with Crippen molar-refractivity contribution in [3.8, 4) is 17.3 Å². The van der Waals surface area contributed by atoms with E-state index in [1.54, 1.807) is 4.68 Å². The van der Waals surface area contributed by atoms with Crippen LogP contribution in [-0.2, 0) is 5.75 Å². The van der Waals surface area contributed by atoms with Crippen molar-refractivity contribution in [3.05, 3.63) is 53.2 Å². The van der Waals surface area contributed by atoms with E-state index in [2.05, 4.69) is 25.4 Å². The second kappa shape index (κ2) is 6.88. The van der Waals surface area contributed by atoms with Crippen LogP contribution < -0.4 is 5.84 Å². The molecule has 0 radical (unpaired) electrons. The molecule has 0 bridgehead atoms. The maximum absolute atomic E-state index is 6.13. The van der Waals surface area contributed by atoms with E-state index in [1.807, 2.05) is 51.1 Å². The molecule has 4 aromatic rings. The summed E-state index contributed by atoms with van der Waals surface area (Å²) in [4.78, 5) is 4.42. The van der Waals surface area contributed by atoms with E-state index in [0.29, 0.717) is 28.6 Å². The molecule has 0 unspecified atom stereocenters. The predicted molar refractivity (Wildman–Crippen MR) is 101 cm³/mol. The lowest BCUT2D eigenvalue weighted by atomic mass is 10.1. The number of thioether (sulfide) groups is 1. The third kappa shape index (κ3) is 3.43. The Morgan fingerprint density at radius 1 is 1.11 bits per heavy atom. The van der Waals surface area contributed by atoms with Crippen molar-refractivity contribution in [1.82, 2.24) is 34.8 Å². The molecule has 4 rings (SSSR count). The van der Waals surface area contributed by atoms with Crippen LogP contribution in [0.2, 0.25) is 0 Å². The smallest absolute Gasteiger partial charge is 0.271 e. The number of aromatic nitrogens is 7. The van der Waals surface area contributed by atoms with Crippen molar-refractivity contribution >= 4 is 11.8 Å². The second-order valence-electron chi connectivity index (χ2n) is 6.16. The average molecular weight is 382 g/mol. The molecule has 0 spiro atoms. The molecule has 138 valence electrons. The highest BCUT2D eigenvalue weighted by Crippen LogP contribution is 2.23. The molecule has 3 aromatic heterocycles. The summed E-state index contributed by atoms with van der Waals surface area (Å²) in [7, 11) is 0. The maximum Gasteiger partial charge on any atom is 0.271 e. The van der Waals surface area contributed by atoms with Gasteiger partial charge in [0.1, 0.15) is 0 Å². The molecule has 0 atom stereocenters. The molecule has 0 saturated carbocycles. The van der Waals surface area contributed by atoms with Gasteiger partial charge >= 0.3 is 0 Å². The van der Waals surface area contributed by atoms with E-state index in [9.17, 15) is 0 Å². The molecule has 9 nitrogen and oxygen atoms in total. The maximum atomic E-state index is 6.13. The van der Waals surface area contributed by atoms with E-state index in [0.717, 1.165) is 17.0 Å². The molecule has 10 heteroatoms. The third-order valence-electron chi connectivity index (χ3n) is 3.95. The molecule has 0 aliphatic carbocycles. The number of rotatable bonds is 5. The fourth-order valence-corrected chi connectivity index (χ4v) is 3.29. The van der Waals surface area contributed by atoms with E-state index in [1.165, 1.54) is 22.0 Å². The van der Waals surface area contributed by atoms with Gasteiger partial charge in [-0.05, 0) is 26.8 Å². The van der Waals surface area contributed by atoms with Gasteiger partial charge in [0.05, 0.1) is 11.4 Å². The highest BCUT2D eigenvalue weighted by atomic mass is 32.2. The van der Waals surface area contributed by atoms with Gasteiger partial charge in [0, 0.05) is 11.3 Å². The lowest BCUT2D eigenvalue weighted by molar-refractivity contribution is 0.391. The van der Waals surface area contributed by atoms with Crippen LogP contribution in [0.3, 0.4) is 0 Å². The average Bonchev–Trinajstić information content (AvgIpc) is 3.33. The highest BCUT2D eigenvalue weighted by Gasteiger charge is 2.16. The standard InChI is InChI=1S/C17H18N8OS/c1-10-4-6-13(7-5-10)15-19-14(26-23-15)9-27-17-21-20-16(24(17)18)25-12(3)8-11(2)22-25/h4-8H,9,18H2,1-3H3. The third-order valence-corrected chi connectivity index (χ3v) is 4.88. The van der Waals surface area contributed by atoms with E-state index >= 15 is 0 Å². The Balaban J connectivity index is 1.48. The summed E-state index contributed by atoms with van der Waals surface area (Å²) >= 11 is 1.37. The van der Waals surface area contributed by atoms with Crippen molar-refractivity contribution < 1.29 is 4.52 Å². The van der Waals surface area contributed by atoms with Crippen molar-refractivity contribution in [3.63, 3.8) is 0 Å². The van der Waals surface area contributed by atoms with Crippen LogP contribution >= 0.6 is 11.8 Å². The Labute approximate surface area is 159 Å². The summed E-state index contributed by atoms with van der Waals surface area (Å²) in [5.74, 6) is 8.07. The summed E-state index contributed by atoms with van der Waals surface area (Å²) in [6, 6.07) is 9.91. The van der Waals surface area contributed by atoms with Gasteiger partial charge in [-0.3, -0.25) is 0 Å². The van der Waals surface area contributed by atoms with Gasteiger partial charge in [0.2, 0.25) is 16.9 Å². The van der Waals surface area contributed by atoms with Crippen LogP contribution in [0.5, 0.6) is 0 Å². The molecule has 0 saturated heterocycles. The van der Waals surface area contributed by atoms with Gasteiger partial charge in [0.15, 0.2) is 0 Å². The zero-order valence-electron chi connectivity index (χ0n) is 15.1. The highest BCUT2D eigenvalue weighted by molar-refractivity contribution is 7.98. The molecule has 0 aliphatic rings. The van der Waals surface area contributed by atoms with Crippen molar-refractivity contribution in [2.45, 2.75) is 31.7 Å². The van der Waals surface area contributed by atoms with E-state index < -0.39 is 0 Å². The summed E-state index contributed by atoms with van der Waals surface area (Å²) in [5, 5.41) is 17.2. The van der Waals surface area contributed by atoms with E-state index in [4.69, 9.17) is 10.4 Å². The molecule has 0 aliphatic heterocycles. The predicted octanol–water partition coefficient (Wildman–Crippen LogP) is 2.45.